The van der Waals surface area contributed by atoms with Gasteiger partial charge >= 0.3 is 12.1 Å². The maximum Gasteiger partial charge on any atom is 0.416 e. The summed E-state index contributed by atoms with van der Waals surface area (Å²) in [6.07, 6.45) is -3.14. The zero-order valence-electron chi connectivity index (χ0n) is 12.7. The van der Waals surface area contributed by atoms with Gasteiger partial charge in [0.1, 0.15) is 0 Å². The number of alkyl halides is 3. The molecule has 0 aliphatic rings. The zero-order valence-corrected chi connectivity index (χ0v) is 12.7. The van der Waals surface area contributed by atoms with Gasteiger partial charge < -0.3 is 5.11 Å². The number of aromatic nitrogens is 2. The molecule has 0 spiro atoms. The van der Waals surface area contributed by atoms with Crippen LogP contribution in [0.2, 0.25) is 0 Å². The van der Waals surface area contributed by atoms with Gasteiger partial charge in [-0.3, -0.25) is 9.59 Å². The number of carboxylic acids is 1. The molecule has 0 amide bonds. The first-order chi connectivity index (χ1) is 11.3. The van der Waals surface area contributed by atoms with Crippen molar-refractivity contribution in [3.63, 3.8) is 0 Å². The SMILES string of the molecule is CCC(C(=O)O)c1ccnn(Cc2ccccc2C(F)(F)F)c1=O. The zero-order chi connectivity index (χ0) is 17.9. The molecule has 5 nitrogen and oxygen atoms in total. The van der Waals surface area contributed by atoms with E-state index in [1.165, 1.54) is 30.5 Å². The summed E-state index contributed by atoms with van der Waals surface area (Å²) in [6, 6.07) is 6.17. The van der Waals surface area contributed by atoms with Crippen molar-refractivity contribution in [3.8, 4) is 0 Å². The van der Waals surface area contributed by atoms with E-state index >= 15 is 0 Å². The van der Waals surface area contributed by atoms with Gasteiger partial charge in [-0.2, -0.15) is 18.3 Å². The van der Waals surface area contributed by atoms with Crippen LogP contribution >= 0.6 is 0 Å². The van der Waals surface area contributed by atoms with Crippen molar-refractivity contribution in [3.05, 3.63) is 63.6 Å². The maximum absolute atomic E-state index is 13.0. The molecular weight excluding hydrogens is 325 g/mol. The molecule has 1 heterocycles. The molecular formula is C16H15F3N2O3. The number of hydrogen-bond acceptors (Lipinski definition) is 3. The largest absolute Gasteiger partial charge is 0.481 e. The molecule has 8 heteroatoms. The molecule has 0 saturated heterocycles. The topological polar surface area (TPSA) is 72.2 Å². The molecule has 1 aromatic carbocycles. The first kappa shape index (κ1) is 17.7. The second-order valence-corrected chi connectivity index (χ2v) is 5.20. The Morgan fingerprint density at radius 2 is 1.96 bits per heavy atom. The monoisotopic (exact) mass is 340 g/mol. The van der Waals surface area contributed by atoms with Crippen molar-refractivity contribution in [2.24, 2.45) is 0 Å². The van der Waals surface area contributed by atoms with Crippen LogP contribution in [-0.4, -0.2) is 20.9 Å². The molecule has 2 rings (SSSR count). The van der Waals surface area contributed by atoms with Gasteiger partial charge in [-0.15, -0.1) is 0 Å². The van der Waals surface area contributed by atoms with Crippen molar-refractivity contribution in [1.82, 2.24) is 9.78 Å². The lowest BCUT2D eigenvalue weighted by molar-refractivity contribution is -0.139. The second kappa shape index (κ2) is 6.86. The Bertz CT molecular complexity index is 800. The predicted octanol–water partition coefficient (Wildman–Crippen LogP) is 2.89. The van der Waals surface area contributed by atoms with Crippen molar-refractivity contribution in [2.45, 2.75) is 32.0 Å². The molecule has 0 bridgehead atoms. The second-order valence-electron chi connectivity index (χ2n) is 5.20. The van der Waals surface area contributed by atoms with Crippen LogP contribution in [0, 0.1) is 0 Å². The van der Waals surface area contributed by atoms with E-state index in [2.05, 4.69) is 5.10 Å². The molecule has 128 valence electrons. The van der Waals surface area contributed by atoms with E-state index in [1.807, 2.05) is 0 Å². The standard InChI is InChI=1S/C16H15F3N2O3/c1-2-11(15(23)24)12-7-8-20-21(14(12)22)9-10-5-3-4-6-13(10)16(17,18)19/h3-8,11H,2,9H2,1H3,(H,23,24). The summed E-state index contributed by atoms with van der Waals surface area (Å²) in [6.45, 7) is 1.22. The Morgan fingerprint density at radius 1 is 1.29 bits per heavy atom. The molecule has 2 aromatic rings. The molecule has 24 heavy (non-hydrogen) atoms. The summed E-state index contributed by atoms with van der Waals surface area (Å²) in [4.78, 5) is 23.6. The van der Waals surface area contributed by atoms with Crippen LogP contribution in [-0.2, 0) is 17.5 Å². The average molecular weight is 340 g/mol. The van der Waals surface area contributed by atoms with Crippen LogP contribution in [0.5, 0.6) is 0 Å². The summed E-state index contributed by atoms with van der Waals surface area (Å²) in [7, 11) is 0. The quantitative estimate of drug-likeness (QED) is 0.908. The summed E-state index contributed by atoms with van der Waals surface area (Å²) >= 11 is 0. The normalized spacial score (nSPS) is 12.8. The highest BCUT2D eigenvalue weighted by atomic mass is 19.4. The van der Waals surface area contributed by atoms with Gasteiger partial charge in [-0.25, -0.2) is 4.68 Å². The minimum Gasteiger partial charge on any atom is -0.481 e. The van der Waals surface area contributed by atoms with Gasteiger partial charge in [0.25, 0.3) is 5.56 Å². The molecule has 1 N–H and O–H groups in total. The Labute approximate surface area is 135 Å². The fourth-order valence-electron chi connectivity index (χ4n) is 2.47. The fraction of sp³-hybridized carbons (Fsp3) is 0.312. The van der Waals surface area contributed by atoms with Crippen LogP contribution in [0.25, 0.3) is 0 Å². The number of hydrogen-bond donors (Lipinski definition) is 1. The van der Waals surface area contributed by atoms with Gasteiger partial charge in [-0.05, 0) is 24.1 Å². The fourth-order valence-corrected chi connectivity index (χ4v) is 2.47. The smallest absolute Gasteiger partial charge is 0.416 e. The van der Waals surface area contributed by atoms with Crippen molar-refractivity contribution in [1.29, 1.82) is 0 Å². The number of carboxylic acid groups (broad SMARTS) is 1. The Balaban J connectivity index is 2.47. The van der Waals surface area contributed by atoms with Gasteiger partial charge in [0, 0.05) is 11.8 Å². The van der Waals surface area contributed by atoms with E-state index in [0.29, 0.717) is 0 Å². The Morgan fingerprint density at radius 3 is 2.54 bits per heavy atom. The third-order valence-corrected chi connectivity index (χ3v) is 3.67. The number of halogens is 3. The first-order valence-electron chi connectivity index (χ1n) is 7.19. The Hall–Kier alpha value is -2.64. The molecule has 0 aliphatic heterocycles. The van der Waals surface area contributed by atoms with E-state index in [4.69, 9.17) is 5.11 Å². The lowest BCUT2D eigenvalue weighted by Gasteiger charge is -2.15. The van der Waals surface area contributed by atoms with E-state index in [9.17, 15) is 22.8 Å². The van der Waals surface area contributed by atoms with Crippen molar-refractivity contribution < 1.29 is 23.1 Å². The molecule has 1 unspecified atom stereocenters. The van der Waals surface area contributed by atoms with Crippen LogP contribution in [0.1, 0.15) is 36.0 Å². The minimum atomic E-state index is -4.55. The summed E-state index contributed by atoms with van der Waals surface area (Å²) < 4.78 is 40.0. The highest BCUT2D eigenvalue weighted by Crippen LogP contribution is 2.32. The molecule has 1 aromatic heterocycles. The highest BCUT2D eigenvalue weighted by molar-refractivity contribution is 5.75. The molecule has 0 fully saturated rings. The number of carbonyl (C=O) groups is 1. The molecule has 0 aliphatic carbocycles. The van der Waals surface area contributed by atoms with Crippen molar-refractivity contribution >= 4 is 5.97 Å². The van der Waals surface area contributed by atoms with Gasteiger partial charge in [-0.1, -0.05) is 25.1 Å². The van der Waals surface area contributed by atoms with Crippen LogP contribution in [0.4, 0.5) is 13.2 Å². The van der Waals surface area contributed by atoms with Crippen LogP contribution in [0.15, 0.2) is 41.3 Å². The van der Waals surface area contributed by atoms with Crippen molar-refractivity contribution in [2.75, 3.05) is 0 Å². The number of nitrogens with zero attached hydrogens (tertiary/aromatic N) is 2. The lowest BCUT2D eigenvalue weighted by atomic mass is 9.98. The van der Waals surface area contributed by atoms with Crippen LogP contribution in [0.3, 0.4) is 0 Å². The third-order valence-electron chi connectivity index (χ3n) is 3.67. The lowest BCUT2D eigenvalue weighted by Crippen LogP contribution is -2.30. The first-order valence-corrected chi connectivity index (χ1v) is 7.19. The van der Waals surface area contributed by atoms with E-state index in [1.54, 1.807) is 6.92 Å². The summed E-state index contributed by atoms with van der Waals surface area (Å²) in [5.41, 5.74) is -1.66. The van der Waals surface area contributed by atoms with E-state index in [0.717, 1.165) is 10.7 Å². The summed E-state index contributed by atoms with van der Waals surface area (Å²) in [5.74, 6) is -2.19. The summed E-state index contributed by atoms with van der Waals surface area (Å²) in [5, 5.41) is 12.9. The minimum absolute atomic E-state index is 0.00416. The van der Waals surface area contributed by atoms with Gasteiger partial charge in [0.2, 0.25) is 0 Å². The number of rotatable bonds is 5. The highest BCUT2D eigenvalue weighted by Gasteiger charge is 2.33. The number of benzene rings is 1. The number of aliphatic carboxylic acids is 1. The average Bonchev–Trinajstić information content (AvgIpc) is 2.50. The van der Waals surface area contributed by atoms with Gasteiger partial charge in [0.05, 0.1) is 18.0 Å². The van der Waals surface area contributed by atoms with Gasteiger partial charge in [0.15, 0.2) is 0 Å². The van der Waals surface area contributed by atoms with Crippen LogP contribution < -0.4 is 5.56 Å². The Kier molecular flexibility index (Phi) is 5.06. The van der Waals surface area contributed by atoms with E-state index in [-0.39, 0.29) is 17.5 Å². The predicted molar refractivity (Wildman–Crippen MR) is 79.7 cm³/mol. The third kappa shape index (κ3) is 3.64. The molecule has 0 radical (unpaired) electrons. The maximum atomic E-state index is 13.0. The molecule has 1 atom stereocenters. The van der Waals surface area contributed by atoms with E-state index < -0.39 is 35.7 Å². The molecule has 0 saturated carbocycles.